The van der Waals surface area contributed by atoms with Crippen molar-refractivity contribution in [2.24, 2.45) is 11.3 Å². The van der Waals surface area contributed by atoms with E-state index in [0.29, 0.717) is 0 Å². The van der Waals surface area contributed by atoms with Gasteiger partial charge in [-0.05, 0) is 30.6 Å². The Morgan fingerprint density at radius 2 is 2.30 bits per heavy atom. The average Bonchev–Trinajstić information content (AvgIpc) is 2.22. The Balaban J connectivity index is 2.29. The van der Waals surface area contributed by atoms with Gasteiger partial charge in [0.15, 0.2) is 0 Å². The Hall–Kier alpha value is -0.300. The van der Waals surface area contributed by atoms with Crippen molar-refractivity contribution >= 4 is 0 Å². The second kappa shape index (κ2) is 1.85. The number of hydrogen-bond acceptors (Lipinski definition) is 1. The molecule has 56 valence electrons. The second-order valence-electron chi connectivity index (χ2n) is 3.99. The Kier molecular flexibility index (Phi) is 1.19. The Morgan fingerprint density at radius 1 is 1.50 bits per heavy atom. The summed E-state index contributed by atoms with van der Waals surface area (Å²) in [6.45, 7) is 2.20. The highest BCUT2D eigenvalue weighted by Crippen LogP contribution is 2.47. The van der Waals surface area contributed by atoms with Crippen molar-refractivity contribution in [3.05, 3.63) is 12.2 Å². The molecule has 0 saturated heterocycles. The van der Waals surface area contributed by atoms with Crippen molar-refractivity contribution in [1.82, 2.24) is 0 Å². The van der Waals surface area contributed by atoms with E-state index in [-0.39, 0.29) is 11.5 Å². The highest BCUT2D eigenvalue weighted by molar-refractivity contribution is 5.11. The lowest BCUT2D eigenvalue weighted by Gasteiger charge is -2.30. The first-order chi connectivity index (χ1) is 4.71. The van der Waals surface area contributed by atoms with E-state index in [1.807, 2.05) is 6.08 Å². The summed E-state index contributed by atoms with van der Waals surface area (Å²) in [6.07, 6.45) is 7.66. The molecule has 0 heterocycles. The first kappa shape index (κ1) is 6.41. The summed E-state index contributed by atoms with van der Waals surface area (Å²) in [7, 11) is 0. The quantitative estimate of drug-likeness (QED) is 0.505. The third-order valence-corrected chi connectivity index (χ3v) is 3.09. The zero-order valence-electron chi connectivity index (χ0n) is 6.38. The molecule has 10 heavy (non-hydrogen) atoms. The standard InChI is InChI=1S/C9H14O/c1-9-5-4-7(6-9)2-3-8(9)10/h2-3,7-8,10H,4-6H2,1H3/t7-,8+,9+/m0/s1. The van der Waals surface area contributed by atoms with E-state index in [2.05, 4.69) is 13.0 Å². The van der Waals surface area contributed by atoms with Crippen LogP contribution in [0, 0.1) is 11.3 Å². The number of rotatable bonds is 0. The predicted molar refractivity (Wildman–Crippen MR) is 40.6 cm³/mol. The lowest BCUT2D eigenvalue weighted by molar-refractivity contribution is 0.0740. The van der Waals surface area contributed by atoms with Gasteiger partial charge in [0.1, 0.15) is 0 Å². The topological polar surface area (TPSA) is 20.2 Å². The van der Waals surface area contributed by atoms with E-state index in [4.69, 9.17) is 0 Å². The molecule has 0 amide bonds. The summed E-state index contributed by atoms with van der Waals surface area (Å²) in [5, 5.41) is 9.57. The Labute approximate surface area is 61.8 Å². The van der Waals surface area contributed by atoms with Crippen LogP contribution in [0.4, 0.5) is 0 Å². The largest absolute Gasteiger partial charge is 0.388 e. The SMILES string of the molecule is C[C@]12CC[C@H](C=C[C@H]1O)C2. The molecule has 0 aromatic heterocycles. The van der Waals surface area contributed by atoms with Crippen molar-refractivity contribution in [1.29, 1.82) is 0 Å². The van der Waals surface area contributed by atoms with E-state index in [0.717, 1.165) is 5.92 Å². The lowest BCUT2D eigenvalue weighted by atomic mass is 9.79. The zero-order valence-corrected chi connectivity index (χ0v) is 6.38. The number of aliphatic hydroxyl groups is 1. The summed E-state index contributed by atoms with van der Waals surface area (Å²) in [5.41, 5.74) is 0.222. The fourth-order valence-electron chi connectivity index (χ4n) is 2.25. The first-order valence-electron chi connectivity index (χ1n) is 4.07. The summed E-state index contributed by atoms with van der Waals surface area (Å²) < 4.78 is 0. The fraction of sp³-hybridized carbons (Fsp3) is 0.778. The molecule has 2 rings (SSSR count). The molecule has 0 aromatic rings. The third-order valence-electron chi connectivity index (χ3n) is 3.09. The van der Waals surface area contributed by atoms with Crippen LogP contribution in [0.25, 0.3) is 0 Å². The number of fused-ring (bicyclic) bond motifs is 2. The van der Waals surface area contributed by atoms with Crippen LogP contribution in [0.2, 0.25) is 0 Å². The molecule has 2 aliphatic rings. The molecule has 0 unspecified atom stereocenters. The molecule has 1 nitrogen and oxygen atoms in total. The van der Waals surface area contributed by atoms with Crippen LogP contribution in [-0.4, -0.2) is 11.2 Å². The first-order valence-corrected chi connectivity index (χ1v) is 4.07. The van der Waals surface area contributed by atoms with Gasteiger partial charge >= 0.3 is 0 Å². The minimum Gasteiger partial charge on any atom is -0.388 e. The maximum atomic E-state index is 9.57. The van der Waals surface area contributed by atoms with Gasteiger partial charge in [0, 0.05) is 0 Å². The van der Waals surface area contributed by atoms with Gasteiger partial charge in [0.2, 0.25) is 0 Å². The Bertz CT molecular complexity index is 174. The monoisotopic (exact) mass is 138 g/mol. The van der Waals surface area contributed by atoms with Crippen LogP contribution >= 0.6 is 0 Å². The number of hydrogen-bond donors (Lipinski definition) is 1. The normalized spacial score (nSPS) is 51.8. The van der Waals surface area contributed by atoms with Gasteiger partial charge in [-0.25, -0.2) is 0 Å². The van der Waals surface area contributed by atoms with E-state index < -0.39 is 0 Å². The zero-order chi connectivity index (χ0) is 7.19. The van der Waals surface area contributed by atoms with Crippen molar-refractivity contribution in [2.45, 2.75) is 32.3 Å². The molecule has 1 heteroatoms. The van der Waals surface area contributed by atoms with Crippen LogP contribution in [0.15, 0.2) is 12.2 Å². The van der Waals surface area contributed by atoms with Gasteiger partial charge in [-0.15, -0.1) is 0 Å². The van der Waals surface area contributed by atoms with Crippen molar-refractivity contribution in [2.75, 3.05) is 0 Å². The number of allylic oxidation sites excluding steroid dienone is 1. The van der Waals surface area contributed by atoms with Gasteiger partial charge in [0.25, 0.3) is 0 Å². The van der Waals surface area contributed by atoms with Gasteiger partial charge in [-0.3, -0.25) is 0 Å². The van der Waals surface area contributed by atoms with Gasteiger partial charge < -0.3 is 5.11 Å². The lowest BCUT2D eigenvalue weighted by Crippen LogP contribution is -2.29. The van der Waals surface area contributed by atoms with Crippen LogP contribution in [0.5, 0.6) is 0 Å². The summed E-state index contributed by atoms with van der Waals surface area (Å²) in [4.78, 5) is 0. The van der Waals surface area contributed by atoms with Crippen LogP contribution in [-0.2, 0) is 0 Å². The smallest absolute Gasteiger partial charge is 0.0774 e. The maximum Gasteiger partial charge on any atom is 0.0774 e. The summed E-state index contributed by atoms with van der Waals surface area (Å²) >= 11 is 0. The second-order valence-corrected chi connectivity index (χ2v) is 3.99. The molecular formula is C9H14O. The van der Waals surface area contributed by atoms with Gasteiger partial charge in [-0.2, -0.15) is 0 Å². The van der Waals surface area contributed by atoms with Crippen molar-refractivity contribution in [3.63, 3.8) is 0 Å². The van der Waals surface area contributed by atoms with Crippen molar-refractivity contribution < 1.29 is 5.11 Å². The molecule has 3 atom stereocenters. The number of aliphatic hydroxyl groups excluding tert-OH is 1. The molecule has 1 fully saturated rings. The average molecular weight is 138 g/mol. The van der Waals surface area contributed by atoms with Gasteiger partial charge in [-0.1, -0.05) is 19.1 Å². The molecule has 0 aliphatic heterocycles. The van der Waals surface area contributed by atoms with Crippen LogP contribution < -0.4 is 0 Å². The molecule has 2 aliphatic carbocycles. The maximum absolute atomic E-state index is 9.57. The third kappa shape index (κ3) is 0.734. The molecule has 0 spiro atoms. The van der Waals surface area contributed by atoms with E-state index in [1.165, 1.54) is 19.3 Å². The summed E-state index contributed by atoms with van der Waals surface area (Å²) in [5.74, 6) is 0.772. The highest BCUT2D eigenvalue weighted by Gasteiger charge is 2.41. The summed E-state index contributed by atoms with van der Waals surface area (Å²) in [6, 6.07) is 0. The Morgan fingerprint density at radius 3 is 3.00 bits per heavy atom. The van der Waals surface area contributed by atoms with Crippen LogP contribution in [0.3, 0.4) is 0 Å². The predicted octanol–water partition coefficient (Wildman–Crippen LogP) is 1.72. The minimum absolute atomic E-state index is 0.175. The minimum atomic E-state index is -0.175. The molecule has 2 bridgehead atoms. The van der Waals surface area contributed by atoms with E-state index in [9.17, 15) is 5.11 Å². The molecule has 1 N–H and O–H groups in total. The molecule has 0 radical (unpaired) electrons. The van der Waals surface area contributed by atoms with Crippen LogP contribution in [0.1, 0.15) is 26.2 Å². The fourth-order valence-corrected chi connectivity index (χ4v) is 2.25. The molecule has 1 saturated carbocycles. The van der Waals surface area contributed by atoms with Crippen molar-refractivity contribution in [3.8, 4) is 0 Å². The van der Waals surface area contributed by atoms with E-state index in [1.54, 1.807) is 0 Å². The molecule has 0 aromatic carbocycles. The van der Waals surface area contributed by atoms with E-state index >= 15 is 0 Å². The molecular weight excluding hydrogens is 124 g/mol. The van der Waals surface area contributed by atoms with Gasteiger partial charge in [0.05, 0.1) is 6.10 Å². The highest BCUT2D eigenvalue weighted by atomic mass is 16.3.